The Morgan fingerprint density at radius 1 is 0.760 bits per heavy atom. The number of ether oxygens (including phenoxy) is 2. The molecule has 2 aliphatic rings. The van der Waals surface area contributed by atoms with Gasteiger partial charge in [0.2, 0.25) is 0 Å². The topological polar surface area (TPSA) is 72.8 Å². The van der Waals surface area contributed by atoms with E-state index in [1.165, 1.54) is 86.5 Å². The summed E-state index contributed by atoms with van der Waals surface area (Å²) in [4.78, 5) is 23.8. The maximum Gasteiger partial charge on any atom is 0.335 e. The molecular weight excluding hydrogens is 620 g/mol. The van der Waals surface area contributed by atoms with E-state index in [0.717, 1.165) is 32.1 Å². The summed E-state index contributed by atoms with van der Waals surface area (Å²) in [6.07, 6.45) is 22.3. The summed E-state index contributed by atoms with van der Waals surface area (Å²) >= 11 is 0. The minimum absolute atomic E-state index is 0.0813. The molecule has 2 saturated carbocycles. The van der Waals surface area contributed by atoms with Gasteiger partial charge in [0.05, 0.1) is 25.4 Å². The van der Waals surface area contributed by atoms with Crippen LogP contribution in [-0.2, 0) is 25.5 Å². The first-order valence-electron chi connectivity index (χ1n) is 19.4. The normalized spacial score (nSPS) is 21.4. The number of aliphatic hydroxyl groups is 1. The predicted octanol–water partition coefficient (Wildman–Crippen LogP) is 10.7. The highest BCUT2D eigenvalue weighted by molar-refractivity contribution is 5.88. The van der Waals surface area contributed by atoms with Gasteiger partial charge in [0.25, 0.3) is 0 Å². The average molecular weight is 683 g/mol. The Morgan fingerprint density at radius 2 is 1.34 bits per heavy atom. The molecule has 272 valence electrons. The zero-order chi connectivity index (χ0) is 35.7. The van der Waals surface area contributed by atoms with Crippen molar-refractivity contribution < 1.29 is 24.2 Å². The van der Waals surface area contributed by atoms with Crippen molar-refractivity contribution in [3.63, 3.8) is 0 Å². The minimum Gasteiger partial charge on any atom is -0.462 e. The first-order chi connectivity index (χ1) is 24.3. The van der Waals surface area contributed by atoms with Crippen molar-refractivity contribution in [2.45, 2.75) is 116 Å². The molecule has 5 nitrogen and oxygen atoms in total. The van der Waals surface area contributed by atoms with Gasteiger partial charge in [-0.2, -0.15) is 0 Å². The maximum absolute atomic E-state index is 12.0. The van der Waals surface area contributed by atoms with Crippen LogP contribution in [0.2, 0.25) is 0 Å². The van der Waals surface area contributed by atoms with Gasteiger partial charge in [-0.05, 0) is 142 Å². The van der Waals surface area contributed by atoms with E-state index in [2.05, 4.69) is 80.8 Å². The van der Waals surface area contributed by atoms with Gasteiger partial charge in [0, 0.05) is 5.57 Å². The third kappa shape index (κ3) is 12.7. The molecule has 1 N–H and O–H groups in total. The Hall–Kier alpha value is -3.44. The van der Waals surface area contributed by atoms with Gasteiger partial charge in [-0.15, -0.1) is 0 Å². The largest absolute Gasteiger partial charge is 0.462 e. The first-order valence-corrected chi connectivity index (χ1v) is 19.4. The third-order valence-electron chi connectivity index (χ3n) is 11.2. The van der Waals surface area contributed by atoms with Crippen LogP contribution in [0.5, 0.6) is 0 Å². The van der Waals surface area contributed by atoms with Crippen molar-refractivity contribution >= 4 is 11.9 Å². The van der Waals surface area contributed by atoms with E-state index in [-0.39, 0.29) is 11.5 Å². The zero-order valence-electron chi connectivity index (χ0n) is 30.9. The number of rotatable bonds is 19. The van der Waals surface area contributed by atoms with Crippen LogP contribution < -0.4 is 0 Å². The Kier molecular flexibility index (Phi) is 16.6. The number of aryl methyl sites for hydroxylation is 1. The summed E-state index contributed by atoms with van der Waals surface area (Å²) in [5.41, 5.74) is 6.04. The van der Waals surface area contributed by atoms with Crippen molar-refractivity contribution in [1.29, 1.82) is 0 Å². The number of unbranched alkanes of at least 4 members (excludes halogenated alkanes) is 2. The fraction of sp³-hybridized carbons (Fsp3) is 0.556. The molecule has 2 aromatic carbocycles. The Bertz CT molecular complexity index is 1370. The van der Waals surface area contributed by atoms with Crippen molar-refractivity contribution in [3.05, 3.63) is 96.1 Å². The van der Waals surface area contributed by atoms with E-state index in [0.29, 0.717) is 48.4 Å². The van der Waals surface area contributed by atoms with E-state index in [1.54, 1.807) is 6.92 Å². The van der Waals surface area contributed by atoms with E-state index >= 15 is 0 Å². The van der Waals surface area contributed by atoms with Gasteiger partial charge >= 0.3 is 11.9 Å². The number of aliphatic hydroxyl groups excluding tert-OH is 1. The van der Waals surface area contributed by atoms with Crippen molar-refractivity contribution in [3.8, 4) is 11.1 Å². The summed E-state index contributed by atoms with van der Waals surface area (Å²) in [7, 11) is 0. The Morgan fingerprint density at radius 3 is 1.92 bits per heavy atom. The van der Waals surface area contributed by atoms with Gasteiger partial charge in [0.15, 0.2) is 0 Å². The molecule has 4 rings (SSSR count). The first kappa shape index (κ1) is 39.3. The second-order valence-electron chi connectivity index (χ2n) is 15.0. The van der Waals surface area contributed by atoms with Crippen LogP contribution >= 0.6 is 0 Å². The number of benzene rings is 2. The van der Waals surface area contributed by atoms with Gasteiger partial charge in [-0.25, -0.2) is 9.59 Å². The van der Waals surface area contributed by atoms with Crippen LogP contribution in [0.25, 0.3) is 11.1 Å². The zero-order valence-corrected chi connectivity index (χ0v) is 30.9. The molecule has 2 fully saturated rings. The van der Waals surface area contributed by atoms with Crippen molar-refractivity contribution in [2.75, 3.05) is 19.8 Å². The summed E-state index contributed by atoms with van der Waals surface area (Å²) in [6, 6.07) is 18.5. The molecule has 2 aromatic rings. The number of carbonyl (C=O) groups is 2. The summed E-state index contributed by atoms with van der Waals surface area (Å²) in [6.45, 7) is 11.4. The van der Waals surface area contributed by atoms with E-state index in [1.807, 2.05) is 0 Å². The lowest BCUT2D eigenvalue weighted by Crippen LogP contribution is -2.24. The summed E-state index contributed by atoms with van der Waals surface area (Å²) in [5, 5.41) is 9.17. The molecule has 50 heavy (non-hydrogen) atoms. The molecule has 1 unspecified atom stereocenters. The van der Waals surface area contributed by atoms with Gasteiger partial charge < -0.3 is 14.6 Å². The van der Waals surface area contributed by atoms with Crippen LogP contribution in [0.1, 0.15) is 121 Å². The van der Waals surface area contributed by atoms with E-state index in [4.69, 9.17) is 9.47 Å². The lowest BCUT2D eigenvalue weighted by Gasteiger charge is -2.33. The molecule has 0 heterocycles. The molecule has 2 aliphatic carbocycles. The summed E-state index contributed by atoms with van der Waals surface area (Å²) in [5.74, 6) is 2.05. The van der Waals surface area contributed by atoms with Crippen LogP contribution in [0, 0.1) is 23.7 Å². The Labute approximate surface area is 302 Å². The molecular formula is C45H62O5. The van der Waals surface area contributed by atoms with Crippen molar-refractivity contribution in [1.82, 2.24) is 0 Å². The number of hydrogen-bond acceptors (Lipinski definition) is 5. The second kappa shape index (κ2) is 21.0. The monoisotopic (exact) mass is 682 g/mol. The Balaban J connectivity index is 1.20. The van der Waals surface area contributed by atoms with Crippen LogP contribution in [0.4, 0.5) is 0 Å². The molecule has 0 bridgehead atoms. The standard InChI is InChI=1S/C45H62O5/c1-5-6-7-9-35-13-19-40(20-14-35)42-25-27-43(28-26-42)41-23-17-37(18-24-41)12-11-36-15-21-39(22-16-36)38(10-8-30-49-44(47)33(2)3)29-31-50-45(48)34(4)32-46/h11-14,19-20,25-28,36-39,41,46H,2,4-10,15-18,21-24,29-32H2,1,3H3/b12-11+. The van der Waals surface area contributed by atoms with Gasteiger partial charge in [-0.3, -0.25) is 0 Å². The quantitative estimate of drug-likeness (QED) is 0.0691. The molecule has 5 heteroatoms. The number of esters is 2. The van der Waals surface area contributed by atoms with Crippen LogP contribution in [-0.4, -0.2) is 36.9 Å². The number of allylic oxidation sites excluding steroid dienone is 2. The third-order valence-corrected chi connectivity index (χ3v) is 11.2. The van der Waals surface area contributed by atoms with E-state index < -0.39 is 12.6 Å². The number of hydrogen-bond donors (Lipinski definition) is 1. The predicted molar refractivity (Wildman–Crippen MR) is 205 cm³/mol. The lowest BCUT2D eigenvalue weighted by atomic mass is 9.73. The maximum atomic E-state index is 12.0. The minimum atomic E-state index is -0.531. The van der Waals surface area contributed by atoms with Crippen molar-refractivity contribution in [2.24, 2.45) is 23.7 Å². The number of carbonyl (C=O) groups excluding carboxylic acids is 2. The molecule has 0 aromatic heterocycles. The molecule has 0 radical (unpaired) electrons. The van der Waals surface area contributed by atoms with E-state index in [9.17, 15) is 14.7 Å². The smallest absolute Gasteiger partial charge is 0.335 e. The summed E-state index contributed by atoms with van der Waals surface area (Å²) < 4.78 is 10.7. The molecule has 0 spiro atoms. The average Bonchev–Trinajstić information content (AvgIpc) is 3.15. The molecule has 0 amide bonds. The lowest BCUT2D eigenvalue weighted by molar-refractivity contribution is -0.141. The van der Waals surface area contributed by atoms with Crippen LogP contribution in [0.15, 0.2) is 85.0 Å². The SMILES string of the molecule is C=C(C)C(=O)OCCCC(CCOC(=O)C(=C)CO)C1CCC(/C=C/C2CCC(c3ccc(-c4ccc(CCCCC)cc4)cc3)CC2)CC1. The van der Waals surface area contributed by atoms with Gasteiger partial charge in [0.1, 0.15) is 0 Å². The second-order valence-corrected chi connectivity index (χ2v) is 15.0. The van der Waals surface area contributed by atoms with Crippen LogP contribution in [0.3, 0.4) is 0 Å². The highest BCUT2D eigenvalue weighted by atomic mass is 16.5. The highest BCUT2D eigenvalue weighted by Crippen LogP contribution is 2.40. The fourth-order valence-corrected chi connectivity index (χ4v) is 7.88. The molecule has 0 saturated heterocycles. The molecule has 0 aliphatic heterocycles. The fourth-order valence-electron chi connectivity index (χ4n) is 7.88. The molecule has 1 atom stereocenters. The highest BCUT2D eigenvalue weighted by Gasteiger charge is 2.28. The van der Waals surface area contributed by atoms with Gasteiger partial charge in [-0.1, -0.05) is 93.6 Å².